The van der Waals surface area contributed by atoms with Crippen molar-refractivity contribution in [3.8, 4) is 0 Å². The van der Waals surface area contributed by atoms with Crippen molar-refractivity contribution < 1.29 is 9.22 Å². The quantitative estimate of drug-likeness (QED) is 0.246. The molecule has 0 saturated heterocycles. The second-order valence-corrected chi connectivity index (χ2v) is 11.6. The highest BCUT2D eigenvalue weighted by molar-refractivity contribution is 6.48. The van der Waals surface area contributed by atoms with Crippen LogP contribution in [0.5, 0.6) is 0 Å². The first kappa shape index (κ1) is 22.5. The smallest absolute Gasteiger partial charge is 0.229 e. The molecule has 0 aromatic heterocycles. The fourth-order valence-corrected chi connectivity index (χ4v) is 4.56. The molecular formula is C22H42O2Si. The largest absolute Gasteiger partial charge is 0.550 e. The molecule has 0 aromatic rings. The van der Waals surface area contributed by atoms with Crippen molar-refractivity contribution in [2.45, 2.75) is 105 Å². The summed E-state index contributed by atoms with van der Waals surface area (Å²) in [6, 6.07) is 0. The van der Waals surface area contributed by atoms with Crippen molar-refractivity contribution in [3.63, 3.8) is 0 Å². The molecule has 0 bridgehead atoms. The molecule has 0 aliphatic heterocycles. The zero-order valence-electron chi connectivity index (χ0n) is 17.7. The van der Waals surface area contributed by atoms with Crippen LogP contribution in [0.25, 0.3) is 0 Å². The Hall–Kier alpha value is -0.573. The van der Waals surface area contributed by atoms with Crippen LogP contribution in [0.2, 0.25) is 13.1 Å². The van der Waals surface area contributed by atoms with E-state index in [1.54, 1.807) is 0 Å². The molecular weight excluding hydrogens is 324 g/mol. The van der Waals surface area contributed by atoms with E-state index in [1.165, 1.54) is 38.5 Å². The standard InChI is InChI=1S/C22H42O2Si/c1-7-8-9-10-11-14-19(22(2,3)4)17-21(24-25(5)6)18-13-12-15-20(23)16-18/h17-19,25H,7-16H2,1-6H3/b21-17+. The van der Waals surface area contributed by atoms with E-state index in [1.807, 2.05) is 0 Å². The minimum absolute atomic E-state index is 0.247. The number of rotatable bonds is 10. The maximum atomic E-state index is 11.9. The fraction of sp³-hybridized carbons (Fsp3) is 0.864. The SMILES string of the molecule is CCCCCCCC(/C=C(/O[SiH](C)C)C1CCCC(=O)C1)C(C)(C)C. The Morgan fingerprint density at radius 3 is 2.48 bits per heavy atom. The summed E-state index contributed by atoms with van der Waals surface area (Å²) in [5, 5.41) is 0. The van der Waals surface area contributed by atoms with Gasteiger partial charge in [-0.1, -0.05) is 59.8 Å². The fourth-order valence-electron chi connectivity index (χ4n) is 3.74. The van der Waals surface area contributed by atoms with E-state index in [9.17, 15) is 4.79 Å². The lowest BCUT2D eigenvalue weighted by molar-refractivity contribution is -0.121. The van der Waals surface area contributed by atoms with E-state index >= 15 is 0 Å². The molecule has 3 heteroatoms. The van der Waals surface area contributed by atoms with E-state index in [2.05, 4.69) is 46.9 Å². The van der Waals surface area contributed by atoms with Gasteiger partial charge in [-0.05, 0) is 49.8 Å². The number of hydrogen-bond donors (Lipinski definition) is 0. The third-order valence-corrected chi connectivity index (χ3v) is 6.10. The number of carbonyl (C=O) groups is 1. The van der Waals surface area contributed by atoms with Gasteiger partial charge in [0.05, 0.1) is 5.76 Å². The summed E-state index contributed by atoms with van der Waals surface area (Å²) in [7, 11) is -1.15. The molecule has 0 amide bonds. The van der Waals surface area contributed by atoms with Crippen LogP contribution in [0.3, 0.4) is 0 Å². The molecule has 0 heterocycles. The molecule has 0 aromatic carbocycles. The first-order chi connectivity index (χ1) is 11.7. The molecule has 0 radical (unpaired) electrons. The molecule has 2 nitrogen and oxygen atoms in total. The van der Waals surface area contributed by atoms with Gasteiger partial charge in [0.1, 0.15) is 5.78 Å². The monoisotopic (exact) mass is 366 g/mol. The molecule has 1 saturated carbocycles. The first-order valence-corrected chi connectivity index (χ1v) is 13.4. The van der Waals surface area contributed by atoms with Crippen LogP contribution in [-0.4, -0.2) is 14.8 Å². The van der Waals surface area contributed by atoms with Gasteiger partial charge in [0.25, 0.3) is 0 Å². The van der Waals surface area contributed by atoms with Crippen LogP contribution < -0.4 is 0 Å². The molecule has 1 rings (SSSR count). The number of Topliss-reactive ketones (excluding diaryl/α,β-unsaturated/α-hetero) is 1. The van der Waals surface area contributed by atoms with Gasteiger partial charge in [-0.25, -0.2) is 0 Å². The molecule has 2 unspecified atom stereocenters. The van der Waals surface area contributed by atoms with Crippen LogP contribution in [0, 0.1) is 17.3 Å². The molecule has 1 aliphatic carbocycles. The average Bonchev–Trinajstić information content (AvgIpc) is 2.51. The van der Waals surface area contributed by atoms with Crippen molar-refractivity contribution in [1.29, 1.82) is 0 Å². The predicted molar refractivity (Wildman–Crippen MR) is 111 cm³/mol. The normalized spacial score (nSPS) is 20.8. The minimum atomic E-state index is -1.15. The van der Waals surface area contributed by atoms with Crippen LogP contribution in [0.15, 0.2) is 11.8 Å². The van der Waals surface area contributed by atoms with Crippen molar-refractivity contribution in [1.82, 2.24) is 0 Å². The van der Waals surface area contributed by atoms with Crippen LogP contribution >= 0.6 is 0 Å². The predicted octanol–water partition coefficient (Wildman–Crippen LogP) is 6.65. The zero-order chi connectivity index (χ0) is 18.9. The lowest BCUT2D eigenvalue weighted by Crippen LogP contribution is -2.24. The van der Waals surface area contributed by atoms with E-state index in [-0.39, 0.29) is 5.41 Å². The summed E-state index contributed by atoms with van der Waals surface area (Å²) < 4.78 is 6.36. The summed E-state index contributed by atoms with van der Waals surface area (Å²) in [5.74, 6) is 2.45. The number of unbranched alkanes of at least 4 members (excludes halogenated alkanes) is 4. The lowest BCUT2D eigenvalue weighted by atomic mass is 9.76. The van der Waals surface area contributed by atoms with Gasteiger partial charge in [0, 0.05) is 18.8 Å². The Balaban J connectivity index is 2.83. The molecule has 25 heavy (non-hydrogen) atoms. The molecule has 0 N–H and O–H groups in total. The number of ketones is 1. The summed E-state index contributed by atoms with van der Waals surface area (Å²) in [4.78, 5) is 11.9. The topological polar surface area (TPSA) is 26.3 Å². The molecule has 2 atom stereocenters. The van der Waals surface area contributed by atoms with E-state index in [4.69, 9.17) is 4.43 Å². The van der Waals surface area contributed by atoms with Gasteiger partial charge in [0.15, 0.2) is 0 Å². The second kappa shape index (κ2) is 11.2. The van der Waals surface area contributed by atoms with Gasteiger partial charge < -0.3 is 4.43 Å². The Bertz CT molecular complexity index is 420. The van der Waals surface area contributed by atoms with Gasteiger partial charge >= 0.3 is 0 Å². The summed E-state index contributed by atoms with van der Waals surface area (Å²) in [6.07, 6.45) is 13.9. The Morgan fingerprint density at radius 1 is 1.24 bits per heavy atom. The van der Waals surface area contributed by atoms with Crippen LogP contribution in [0.1, 0.15) is 91.9 Å². The van der Waals surface area contributed by atoms with Gasteiger partial charge in [-0.15, -0.1) is 0 Å². The number of carbonyl (C=O) groups excluding carboxylic acids is 1. The highest BCUT2D eigenvalue weighted by atomic mass is 28.3. The van der Waals surface area contributed by atoms with Crippen molar-refractivity contribution in [3.05, 3.63) is 11.8 Å². The lowest BCUT2D eigenvalue weighted by Gasteiger charge is -2.32. The minimum Gasteiger partial charge on any atom is -0.550 e. The first-order valence-electron chi connectivity index (χ1n) is 10.6. The summed E-state index contributed by atoms with van der Waals surface area (Å²) in [5.41, 5.74) is 0.247. The molecule has 0 spiro atoms. The maximum absolute atomic E-state index is 11.9. The molecule has 146 valence electrons. The average molecular weight is 367 g/mol. The van der Waals surface area contributed by atoms with E-state index in [0.717, 1.165) is 25.0 Å². The number of hydrogen-bond acceptors (Lipinski definition) is 2. The van der Waals surface area contributed by atoms with Crippen molar-refractivity contribution in [2.75, 3.05) is 0 Å². The van der Waals surface area contributed by atoms with Gasteiger partial charge in [-0.2, -0.15) is 0 Å². The van der Waals surface area contributed by atoms with Crippen LogP contribution in [-0.2, 0) is 9.22 Å². The van der Waals surface area contributed by atoms with Crippen molar-refractivity contribution >= 4 is 14.8 Å². The Labute approximate surface area is 158 Å². The van der Waals surface area contributed by atoms with E-state index in [0.29, 0.717) is 24.0 Å². The maximum Gasteiger partial charge on any atom is 0.229 e. The Morgan fingerprint density at radius 2 is 1.92 bits per heavy atom. The second-order valence-electron chi connectivity index (χ2n) is 9.24. The molecule has 1 fully saturated rings. The van der Waals surface area contributed by atoms with Crippen LogP contribution in [0.4, 0.5) is 0 Å². The summed E-state index contributed by atoms with van der Waals surface area (Å²) >= 11 is 0. The van der Waals surface area contributed by atoms with Gasteiger partial charge in [0.2, 0.25) is 9.04 Å². The summed E-state index contributed by atoms with van der Waals surface area (Å²) in [6.45, 7) is 13.8. The highest BCUT2D eigenvalue weighted by Gasteiger charge is 2.28. The zero-order valence-corrected chi connectivity index (χ0v) is 18.9. The third kappa shape index (κ3) is 9.07. The van der Waals surface area contributed by atoms with Crippen molar-refractivity contribution in [2.24, 2.45) is 17.3 Å². The highest BCUT2D eigenvalue weighted by Crippen LogP contribution is 2.36. The molecule has 1 aliphatic rings. The van der Waals surface area contributed by atoms with E-state index < -0.39 is 9.04 Å². The third-order valence-electron chi connectivity index (χ3n) is 5.35. The number of allylic oxidation sites excluding steroid dienone is 2. The Kier molecular flexibility index (Phi) is 10.1. The van der Waals surface area contributed by atoms with Gasteiger partial charge in [-0.3, -0.25) is 4.79 Å².